The van der Waals surface area contributed by atoms with Crippen LogP contribution in [0.1, 0.15) is 18.9 Å². The maximum absolute atomic E-state index is 5.57. The van der Waals surface area contributed by atoms with Crippen molar-refractivity contribution in [3.8, 4) is 0 Å². The Morgan fingerprint density at radius 3 is 3.12 bits per heavy atom. The molecule has 5 heteroatoms. The van der Waals surface area contributed by atoms with Crippen LogP contribution in [-0.2, 0) is 9.47 Å². The number of hydrogen-bond donors (Lipinski definition) is 1. The normalized spacial score (nSPS) is 25.6. The van der Waals surface area contributed by atoms with Crippen LogP contribution in [0, 0.1) is 0 Å². The molecule has 1 atom stereocenters. The molecule has 88 valence electrons. The summed E-state index contributed by atoms with van der Waals surface area (Å²) in [6.07, 6.45) is 6.58. The summed E-state index contributed by atoms with van der Waals surface area (Å²) >= 11 is 0. The minimum absolute atomic E-state index is 0.151. The summed E-state index contributed by atoms with van der Waals surface area (Å²) in [5.74, 6) is 0.955. The second kappa shape index (κ2) is 4.43. The molecule has 0 amide bonds. The van der Waals surface area contributed by atoms with Crippen LogP contribution >= 0.6 is 0 Å². The smallest absolute Gasteiger partial charge is 0.203 e. The molecule has 1 aliphatic carbocycles. The highest BCUT2D eigenvalue weighted by atomic mass is 16.6. The SMILES string of the molecule is c1cn(C2CC2)c(NCC2COCCO2)n1. The van der Waals surface area contributed by atoms with Gasteiger partial charge in [-0.25, -0.2) is 4.98 Å². The van der Waals surface area contributed by atoms with Gasteiger partial charge in [0.15, 0.2) is 0 Å². The summed E-state index contributed by atoms with van der Waals surface area (Å²) in [6, 6.07) is 0.661. The molecule has 1 saturated carbocycles. The molecule has 2 aliphatic rings. The van der Waals surface area contributed by atoms with Crippen LogP contribution < -0.4 is 5.32 Å². The number of rotatable bonds is 4. The highest BCUT2D eigenvalue weighted by molar-refractivity contribution is 5.28. The first-order chi connectivity index (χ1) is 7.93. The molecule has 1 aromatic heterocycles. The van der Waals surface area contributed by atoms with Crippen molar-refractivity contribution in [2.45, 2.75) is 25.0 Å². The van der Waals surface area contributed by atoms with E-state index in [1.165, 1.54) is 12.8 Å². The topological polar surface area (TPSA) is 48.3 Å². The van der Waals surface area contributed by atoms with Crippen molar-refractivity contribution in [2.75, 3.05) is 31.7 Å². The minimum atomic E-state index is 0.151. The van der Waals surface area contributed by atoms with Gasteiger partial charge in [0, 0.05) is 25.0 Å². The zero-order valence-corrected chi connectivity index (χ0v) is 9.26. The third-order valence-corrected chi connectivity index (χ3v) is 2.98. The molecule has 0 spiro atoms. The summed E-state index contributed by atoms with van der Waals surface area (Å²) in [4.78, 5) is 4.32. The Morgan fingerprint density at radius 2 is 2.38 bits per heavy atom. The summed E-state index contributed by atoms with van der Waals surface area (Å²) < 4.78 is 13.1. The van der Waals surface area contributed by atoms with Gasteiger partial charge in [-0.05, 0) is 12.8 Å². The van der Waals surface area contributed by atoms with E-state index < -0.39 is 0 Å². The van der Waals surface area contributed by atoms with Crippen molar-refractivity contribution in [2.24, 2.45) is 0 Å². The second-order valence-corrected chi connectivity index (χ2v) is 4.34. The lowest BCUT2D eigenvalue weighted by Gasteiger charge is -2.23. The first-order valence-corrected chi connectivity index (χ1v) is 5.89. The fourth-order valence-corrected chi connectivity index (χ4v) is 1.96. The van der Waals surface area contributed by atoms with Crippen molar-refractivity contribution < 1.29 is 9.47 Å². The number of ether oxygens (including phenoxy) is 2. The first kappa shape index (κ1) is 10.1. The van der Waals surface area contributed by atoms with Crippen molar-refractivity contribution >= 4 is 5.95 Å². The fraction of sp³-hybridized carbons (Fsp3) is 0.727. The number of aromatic nitrogens is 2. The highest BCUT2D eigenvalue weighted by Crippen LogP contribution is 2.36. The predicted molar refractivity (Wildman–Crippen MR) is 59.5 cm³/mol. The number of imidazole rings is 1. The van der Waals surface area contributed by atoms with Gasteiger partial charge in [0.2, 0.25) is 5.95 Å². The molecule has 5 nitrogen and oxygen atoms in total. The molecule has 16 heavy (non-hydrogen) atoms. The molecule has 1 aliphatic heterocycles. The van der Waals surface area contributed by atoms with E-state index in [2.05, 4.69) is 14.9 Å². The zero-order chi connectivity index (χ0) is 10.8. The van der Waals surface area contributed by atoms with Crippen molar-refractivity contribution in [1.29, 1.82) is 0 Å². The van der Waals surface area contributed by atoms with Crippen molar-refractivity contribution in [3.63, 3.8) is 0 Å². The number of nitrogens with zero attached hydrogens (tertiary/aromatic N) is 2. The Labute approximate surface area is 94.8 Å². The van der Waals surface area contributed by atoms with Crippen LogP contribution in [0.25, 0.3) is 0 Å². The van der Waals surface area contributed by atoms with Gasteiger partial charge in [-0.1, -0.05) is 0 Å². The Morgan fingerprint density at radius 1 is 1.44 bits per heavy atom. The van der Waals surface area contributed by atoms with Crippen LogP contribution in [0.5, 0.6) is 0 Å². The lowest BCUT2D eigenvalue weighted by Crippen LogP contribution is -2.34. The van der Waals surface area contributed by atoms with Gasteiger partial charge in [-0.3, -0.25) is 0 Å². The average Bonchev–Trinajstić information content (AvgIpc) is 3.07. The van der Waals surface area contributed by atoms with Crippen LogP contribution in [0.15, 0.2) is 12.4 Å². The van der Waals surface area contributed by atoms with Gasteiger partial charge in [0.1, 0.15) is 0 Å². The number of anilines is 1. The molecule has 2 fully saturated rings. The van der Waals surface area contributed by atoms with Gasteiger partial charge in [0.25, 0.3) is 0 Å². The molecule has 0 aromatic carbocycles. The highest BCUT2D eigenvalue weighted by Gasteiger charge is 2.25. The molecule has 3 rings (SSSR count). The zero-order valence-electron chi connectivity index (χ0n) is 9.26. The van der Waals surface area contributed by atoms with E-state index in [0.717, 1.165) is 12.5 Å². The Bertz CT molecular complexity index is 343. The lowest BCUT2D eigenvalue weighted by molar-refractivity contribution is -0.0819. The average molecular weight is 223 g/mol. The van der Waals surface area contributed by atoms with E-state index in [4.69, 9.17) is 9.47 Å². The van der Waals surface area contributed by atoms with Crippen LogP contribution in [0.3, 0.4) is 0 Å². The molecule has 1 saturated heterocycles. The largest absolute Gasteiger partial charge is 0.376 e. The van der Waals surface area contributed by atoms with Gasteiger partial charge in [-0.2, -0.15) is 0 Å². The van der Waals surface area contributed by atoms with E-state index >= 15 is 0 Å². The number of nitrogens with one attached hydrogen (secondary N) is 1. The fourth-order valence-electron chi connectivity index (χ4n) is 1.96. The monoisotopic (exact) mass is 223 g/mol. The molecule has 1 aromatic rings. The molecule has 1 unspecified atom stereocenters. The Balaban J connectivity index is 1.54. The summed E-state index contributed by atoms with van der Waals surface area (Å²) in [5, 5.41) is 3.33. The summed E-state index contributed by atoms with van der Waals surface area (Å²) in [7, 11) is 0. The van der Waals surface area contributed by atoms with Crippen LogP contribution in [0.2, 0.25) is 0 Å². The second-order valence-electron chi connectivity index (χ2n) is 4.34. The molecule has 0 bridgehead atoms. The predicted octanol–water partition coefficient (Wildman–Crippen LogP) is 1.05. The van der Waals surface area contributed by atoms with Crippen LogP contribution in [0.4, 0.5) is 5.95 Å². The third kappa shape index (κ3) is 2.20. The molecular formula is C11H17N3O2. The molecule has 0 radical (unpaired) electrons. The number of hydrogen-bond acceptors (Lipinski definition) is 4. The summed E-state index contributed by atoms with van der Waals surface area (Å²) in [5.41, 5.74) is 0. The maximum Gasteiger partial charge on any atom is 0.203 e. The van der Waals surface area contributed by atoms with Gasteiger partial charge < -0.3 is 19.4 Å². The molecule has 2 heterocycles. The van der Waals surface area contributed by atoms with E-state index in [0.29, 0.717) is 25.9 Å². The van der Waals surface area contributed by atoms with Crippen molar-refractivity contribution in [1.82, 2.24) is 9.55 Å². The van der Waals surface area contributed by atoms with E-state index in [-0.39, 0.29) is 6.10 Å². The minimum Gasteiger partial charge on any atom is -0.376 e. The van der Waals surface area contributed by atoms with Crippen LogP contribution in [-0.4, -0.2) is 42.0 Å². The van der Waals surface area contributed by atoms with Gasteiger partial charge in [-0.15, -0.1) is 0 Å². The first-order valence-electron chi connectivity index (χ1n) is 5.89. The van der Waals surface area contributed by atoms with Crippen molar-refractivity contribution in [3.05, 3.63) is 12.4 Å². The quantitative estimate of drug-likeness (QED) is 0.828. The lowest BCUT2D eigenvalue weighted by atomic mass is 10.3. The summed E-state index contributed by atoms with van der Waals surface area (Å²) in [6.45, 7) is 2.86. The third-order valence-electron chi connectivity index (χ3n) is 2.98. The van der Waals surface area contributed by atoms with Gasteiger partial charge in [0.05, 0.1) is 25.9 Å². The van der Waals surface area contributed by atoms with E-state index in [1.54, 1.807) is 0 Å². The van der Waals surface area contributed by atoms with Gasteiger partial charge >= 0.3 is 0 Å². The Hall–Kier alpha value is -1.07. The Kier molecular flexibility index (Phi) is 2.80. The standard InChI is InChI=1S/C11H17N3O2/c1-2-9(1)14-4-3-12-11(14)13-7-10-8-15-5-6-16-10/h3-4,9-10H,1-2,5-8H2,(H,12,13). The maximum atomic E-state index is 5.57. The molecular weight excluding hydrogens is 206 g/mol. The molecule has 1 N–H and O–H groups in total. The van der Waals surface area contributed by atoms with E-state index in [1.807, 2.05) is 12.4 Å². The van der Waals surface area contributed by atoms with E-state index in [9.17, 15) is 0 Å².